The normalized spacial score (nSPS) is 11.8. The third kappa shape index (κ3) is 4.00. The van der Waals surface area contributed by atoms with Gasteiger partial charge in [0.15, 0.2) is 6.10 Å². The van der Waals surface area contributed by atoms with Crippen LogP contribution in [0, 0.1) is 6.92 Å². The Bertz CT molecular complexity index is 970. The van der Waals surface area contributed by atoms with E-state index in [0.717, 1.165) is 5.56 Å². The number of nitrogens with zero attached hydrogens (tertiary/aromatic N) is 1. The van der Waals surface area contributed by atoms with E-state index in [1.807, 2.05) is 19.1 Å². The van der Waals surface area contributed by atoms with E-state index in [9.17, 15) is 9.59 Å². The topological polar surface area (TPSA) is 68.3 Å². The number of aryl methyl sites for hydroxylation is 1. The van der Waals surface area contributed by atoms with Gasteiger partial charge in [-0.05, 0) is 38.1 Å². The van der Waals surface area contributed by atoms with E-state index in [1.54, 1.807) is 36.4 Å². The van der Waals surface area contributed by atoms with Gasteiger partial charge in [0.2, 0.25) is 0 Å². The number of carbonyl (C=O) groups excluding carboxylic acids is 2. The van der Waals surface area contributed by atoms with Gasteiger partial charge in [-0.3, -0.25) is 4.79 Å². The van der Waals surface area contributed by atoms with Gasteiger partial charge in [0, 0.05) is 11.1 Å². The number of rotatable bonds is 4. The van der Waals surface area contributed by atoms with Gasteiger partial charge in [-0.1, -0.05) is 47.5 Å². The second-order valence-electron chi connectivity index (χ2n) is 5.91. The Balaban J connectivity index is 1.75. The van der Waals surface area contributed by atoms with Crippen molar-refractivity contribution in [1.82, 2.24) is 4.98 Å². The zero-order chi connectivity index (χ0) is 18.7. The molecule has 3 aromatic rings. The molecule has 132 valence electrons. The second kappa shape index (κ2) is 7.54. The van der Waals surface area contributed by atoms with Gasteiger partial charge < -0.3 is 10.1 Å². The van der Waals surface area contributed by atoms with Crippen LogP contribution in [-0.2, 0) is 9.53 Å². The minimum Gasteiger partial charge on any atom is -0.449 e. The quantitative estimate of drug-likeness (QED) is 0.548. The molecule has 0 aliphatic carbocycles. The number of hydrogen-bond donors (Lipinski definition) is 1. The maximum atomic E-state index is 12.5. The lowest BCUT2D eigenvalue weighted by atomic mass is 10.1. The summed E-state index contributed by atoms with van der Waals surface area (Å²) in [6.07, 6.45) is -0.963. The fourth-order valence-corrected chi connectivity index (χ4v) is 2.67. The van der Waals surface area contributed by atoms with E-state index >= 15 is 0 Å². The number of halogens is 1. The van der Waals surface area contributed by atoms with Crippen molar-refractivity contribution in [3.63, 3.8) is 0 Å². The van der Waals surface area contributed by atoms with Crippen LogP contribution >= 0.6 is 11.6 Å². The minimum absolute atomic E-state index is 0.187. The first-order chi connectivity index (χ1) is 12.4. The summed E-state index contributed by atoms with van der Waals surface area (Å²) in [6, 6.07) is 15.9. The zero-order valence-electron chi connectivity index (χ0n) is 14.3. The lowest BCUT2D eigenvalue weighted by Gasteiger charge is -2.14. The summed E-state index contributed by atoms with van der Waals surface area (Å²) in [6.45, 7) is 3.48. The highest BCUT2D eigenvalue weighted by molar-refractivity contribution is 6.30. The van der Waals surface area contributed by atoms with Gasteiger partial charge in [-0.2, -0.15) is 0 Å². The lowest BCUT2D eigenvalue weighted by molar-refractivity contribution is -0.123. The number of aromatic nitrogens is 1. The first-order valence-corrected chi connectivity index (χ1v) is 8.45. The molecule has 0 radical (unpaired) electrons. The number of para-hydroxylation sites is 1. The Morgan fingerprint density at radius 1 is 1.12 bits per heavy atom. The van der Waals surface area contributed by atoms with Crippen LogP contribution in [0.15, 0.2) is 54.6 Å². The van der Waals surface area contributed by atoms with E-state index in [-0.39, 0.29) is 10.7 Å². The van der Waals surface area contributed by atoms with Crippen LogP contribution in [-0.4, -0.2) is 23.0 Å². The van der Waals surface area contributed by atoms with E-state index in [2.05, 4.69) is 10.3 Å². The third-order valence-corrected chi connectivity index (χ3v) is 4.07. The number of benzene rings is 2. The molecule has 0 saturated carbocycles. The van der Waals surface area contributed by atoms with Crippen molar-refractivity contribution < 1.29 is 14.3 Å². The Morgan fingerprint density at radius 3 is 2.54 bits per heavy atom. The van der Waals surface area contributed by atoms with Gasteiger partial charge in [0.1, 0.15) is 5.15 Å². The van der Waals surface area contributed by atoms with Gasteiger partial charge in [-0.25, -0.2) is 9.78 Å². The largest absolute Gasteiger partial charge is 0.449 e. The highest BCUT2D eigenvalue weighted by Gasteiger charge is 2.21. The molecule has 1 atom stereocenters. The second-order valence-corrected chi connectivity index (χ2v) is 6.30. The van der Waals surface area contributed by atoms with Crippen molar-refractivity contribution in [3.05, 3.63) is 70.9 Å². The van der Waals surface area contributed by atoms with E-state index in [4.69, 9.17) is 16.3 Å². The number of amides is 1. The van der Waals surface area contributed by atoms with Gasteiger partial charge >= 0.3 is 5.97 Å². The van der Waals surface area contributed by atoms with E-state index in [1.165, 1.54) is 13.0 Å². The SMILES string of the molecule is Cc1ccc(NC(=O)[C@H](C)OC(=O)c2cc(Cl)nc3ccccc23)cc1. The van der Waals surface area contributed by atoms with Crippen LogP contribution in [0.2, 0.25) is 5.15 Å². The first kappa shape index (κ1) is 17.9. The van der Waals surface area contributed by atoms with Crippen LogP contribution in [0.5, 0.6) is 0 Å². The number of anilines is 1. The fraction of sp³-hybridized carbons (Fsp3) is 0.150. The Labute approximate surface area is 156 Å². The first-order valence-electron chi connectivity index (χ1n) is 8.08. The molecule has 26 heavy (non-hydrogen) atoms. The average Bonchev–Trinajstić information content (AvgIpc) is 2.62. The number of ether oxygens (including phenoxy) is 1. The number of carbonyl (C=O) groups is 2. The van der Waals surface area contributed by atoms with Gasteiger partial charge in [-0.15, -0.1) is 0 Å². The van der Waals surface area contributed by atoms with E-state index in [0.29, 0.717) is 16.6 Å². The van der Waals surface area contributed by atoms with Crippen LogP contribution in [0.25, 0.3) is 10.9 Å². The standard InChI is InChI=1S/C20H17ClN2O3/c1-12-7-9-14(10-8-12)22-19(24)13(2)26-20(25)16-11-18(21)23-17-6-4-3-5-15(16)17/h3-11,13H,1-2H3,(H,22,24)/t13-/m0/s1. The smallest absolute Gasteiger partial charge is 0.339 e. The average molecular weight is 369 g/mol. The highest BCUT2D eigenvalue weighted by Crippen LogP contribution is 2.22. The number of nitrogens with one attached hydrogen (secondary N) is 1. The summed E-state index contributed by atoms with van der Waals surface area (Å²) < 4.78 is 5.32. The van der Waals surface area contributed by atoms with Crippen molar-refractivity contribution in [2.24, 2.45) is 0 Å². The fourth-order valence-electron chi connectivity index (χ4n) is 2.47. The summed E-state index contributed by atoms with van der Waals surface area (Å²) in [5, 5.41) is 3.53. The monoisotopic (exact) mass is 368 g/mol. The molecule has 0 saturated heterocycles. The van der Waals surface area contributed by atoms with Crippen LogP contribution in [0.4, 0.5) is 5.69 Å². The number of esters is 1. The highest BCUT2D eigenvalue weighted by atomic mass is 35.5. The van der Waals surface area contributed by atoms with Crippen molar-refractivity contribution >= 4 is 40.1 Å². The maximum Gasteiger partial charge on any atom is 0.339 e. The van der Waals surface area contributed by atoms with Crippen molar-refractivity contribution in [3.8, 4) is 0 Å². The minimum atomic E-state index is -0.963. The Hall–Kier alpha value is -2.92. The van der Waals surface area contributed by atoms with Crippen molar-refractivity contribution in [2.75, 3.05) is 5.32 Å². The van der Waals surface area contributed by atoms with Gasteiger partial charge in [0.25, 0.3) is 5.91 Å². The molecule has 1 N–H and O–H groups in total. The van der Waals surface area contributed by atoms with Gasteiger partial charge in [0.05, 0.1) is 11.1 Å². The summed E-state index contributed by atoms with van der Waals surface area (Å²) in [5.41, 5.74) is 2.59. The summed E-state index contributed by atoms with van der Waals surface area (Å²) >= 11 is 5.99. The number of pyridine rings is 1. The van der Waals surface area contributed by atoms with E-state index < -0.39 is 18.0 Å². The summed E-state index contributed by atoms with van der Waals surface area (Å²) in [4.78, 5) is 29.0. The predicted molar refractivity (Wildman–Crippen MR) is 101 cm³/mol. The predicted octanol–water partition coefficient (Wildman–Crippen LogP) is 4.38. The molecule has 1 amide bonds. The molecular weight excluding hydrogens is 352 g/mol. The van der Waals surface area contributed by atoms with Crippen LogP contribution in [0.1, 0.15) is 22.8 Å². The maximum absolute atomic E-state index is 12.5. The molecule has 1 aromatic heterocycles. The molecule has 3 rings (SSSR count). The molecule has 6 heteroatoms. The van der Waals surface area contributed by atoms with Crippen LogP contribution < -0.4 is 5.32 Å². The van der Waals surface area contributed by atoms with Crippen molar-refractivity contribution in [2.45, 2.75) is 20.0 Å². The molecule has 1 heterocycles. The Morgan fingerprint density at radius 2 is 1.81 bits per heavy atom. The molecule has 0 aliphatic rings. The molecule has 0 aliphatic heterocycles. The summed E-state index contributed by atoms with van der Waals surface area (Å²) in [5.74, 6) is -1.04. The van der Waals surface area contributed by atoms with Crippen LogP contribution in [0.3, 0.4) is 0 Å². The zero-order valence-corrected chi connectivity index (χ0v) is 15.1. The molecule has 5 nitrogen and oxygen atoms in total. The number of hydrogen-bond acceptors (Lipinski definition) is 4. The molecule has 0 fully saturated rings. The number of fused-ring (bicyclic) bond motifs is 1. The third-order valence-electron chi connectivity index (χ3n) is 3.88. The lowest BCUT2D eigenvalue weighted by Crippen LogP contribution is -2.30. The molecule has 0 bridgehead atoms. The van der Waals surface area contributed by atoms with Crippen molar-refractivity contribution in [1.29, 1.82) is 0 Å². The summed E-state index contributed by atoms with van der Waals surface area (Å²) in [7, 11) is 0. The Kier molecular flexibility index (Phi) is 5.19. The molecule has 2 aromatic carbocycles. The molecule has 0 spiro atoms. The molecule has 0 unspecified atom stereocenters. The molecular formula is C20H17ClN2O3.